The minimum absolute atomic E-state index is 0.0847. The number of hydrogen-bond acceptors (Lipinski definition) is 5. The summed E-state index contributed by atoms with van der Waals surface area (Å²) >= 11 is 0. The number of aliphatic hydroxyl groups excluding tert-OH is 1. The molecule has 1 unspecified atom stereocenters. The average molecular weight is 281 g/mol. The first kappa shape index (κ1) is 16.5. The van der Waals surface area contributed by atoms with Crippen molar-refractivity contribution in [1.29, 1.82) is 0 Å². The largest absolute Gasteiger partial charge is 0.496 e. The van der Waals surface area contributed by atoms with E-state index in [2.05, 4.69) is 5.32 Å². The van der Waals surface area contributed by atoms with Crippen molar-refractivity contribution in [3.63, 3.8) is 0 Å². The second-order valence-electron chi connectivity index (χ2n) is 5.60. The van der Waals surface area contributed by atoms with Gasteiger partial charge >= 0.3 is 5.97 Å². The Bertz CT molecular complexity index is 465. The molecule has 1 rings (SSSR count). The average Bonchev–Trinajstić information content (AvgIpc) is 2.42. The number of aliphatic hydroxyl groups is 1. The van der Waals surface area contributed by atoms with Gasteiger partial charge in [0.05, 0.1) is 20.3 Å². The van der Waals surface area contributed by atoms with Crippen LogP contribution in [0.2, 0.25) is 0 Å². The molecule has 0 amide bonds. The normalized spacial score (nSPS) is 12.9. The third-order valence-electron chi connectivity index (χ3n) is 2.84. The topological polar surface area (TPSA) is 67.8 Å². The summed E-state index contributed by atoms with van der Waals surface area (Å²) in [4.78, 5) is 11.7. The lowest BCUT2D eigenvalue weighted by Gasteiger charge is -2.23. The molecule has 0 aliphatic rings. The molecule has 0 radical (unpaired) electrons. The SMILES string of the molecule is COC(=O)c1cc(C(O)CNC(C)(C)C)ccc1OC. The van der Waals surface area contributed by atoms with Crippen LogP contribution in [-0.2, 0) is 4.74 Å². The number of rotatable bonds is 5. The summed E-state index contributed by atoms with van der Waals surface area (Å²) in [5.41, 5.74) is 0.865. The van der Waals surface area contributed by atoms with Crippen LogP contribution in [0.25, 0.3) is 0 Å². The van der Waals surface area contributed by atoms with Gasteiger partial charge in [-0.05, 0) is 38.5 Å². The number of methoxy groups -OCH3 is 2. The van der Waals surface area contributed by atoms with E-state index in [9.17, 15) is 9.90 Å². The molecular weight excluding hydrogens is 258 g/mol. The van der Waals surface area contributed by atoms with Gasteiger partial charge in [0, 0.05) is 12.1 Å². The van der Waals surface area contributed by atoms with Crippen molar-refractivity contribution in [2.45, 2.75) is 32.4 Å². The highest BCUT2D eigenvalue weighted by Gasteiger charge is 2.18. The molecule has 1 aromatic carbocycles. The van der Waals surface area contributed by atoms with Gasteiger partial charge in [-0.2, -0.15) is 0 Å². The Hall–Kier alpha value is -1.59. The van der Waals surface area contributed by atoms with E-state index in [4.69, 9.17) is 9.47 Å². The summed E-state index contributed by atoms with van der Waals surface area (Å²) in [6.07, 6.45) is -0.705. The Labute approximate surface area is 119 Å². The van der Waals surface area contributed by atoms with Crippen molar-refractivity contribution in [2.75, 3.05) is 20.8 Å². The highest BCUT2D eigenvalue weighted by Crippen LogP contribution is 2.24. The molecule has 2 N–H and O–H groups in total. The predicted molar refractivity (Wildman–Crippen MR) is 77.0 cm³/mol. The molecule has 5 nitrogen and oxygen atoms in total. The van der Waals surface area contributed by atoms with Gasteiger partial charge in [0.15, 0.2) is 0 Å². The molecule has 0 aromatic heterocycles. The van der Waals surface area contributed by atoms with Gasteiger partial charge in [-0.1, -0.05) is 6.07 Å². The number of β-amino-alcohol motifs (C(OH)–C–C–N with tert-alkyl or cyclic N) is 1. The molecule has 5 heteroatoms. The Kier molecular flexibility index (Phi) is 5.53. The fourth-order valence-electron chi connectivity index (χ4n) is 1.72. The van der Waals surface area contributed by atoms with Crippen molar-refractivity contribution >= 4 is 5.97 Å². The van der Waals surface area contributed by atoms with Gasteiger partial charge in [0.1, 0.15) is 11.3 Å². The zero-order chi connectivity index (χ0) is 15.3. The minimum atomic E-state index is -0.705. The second-order valence-corrected chi connectivity index (χ2v) is 5.60. The Morgan fingerprint density at radius 2 is 2.00 bits per heavy atom. The zero-order valence-electron chi connectivity index (χ0n) is 12.7. The van der Waals surface area contributed by atoms with Crippen LogP contribution in [0.4, 0.5) is 0 Å². The smallest absolute Gasteiger partial charge is 0.341 e. The molecular formula is C15H23NO4. The Balaban J connectivity index is 2.93. The van der Waals surface area contributed by atoms with Crippen LogP contribution in [0, 0.1) is 0 Å². The first-order chi connectivity index (χ1) is 9.28. The van der Waals surface area contributed by atoms with E-state index < -0.39 is 12.1 Å². The van der Waals surface area contributed by atoms with Gasteiger partial charge in [-0.15, -0.1) is 0 Å². The number of hydrogen-bond donors (Lipinski definition) is 2. The quantitative estimate of drug-likeness (QED) is 0.807. The fourth-order valence-corrected chi connectivity index (χ4v) is 1.72. The molecule has 0 aliphatic heterocycles. The molecule has 112 valence electrons. The molecule has 0 saturated carbocycles. The highest BCUT2D eigenvalue weighted by molar-refractivity contribution is 5.92. The van der Waals surface area contributed by atoms with Crippen molar-refractivity contribution in [1.82, 2.24) is 5.32 Å². The predicted octanol–water partition coefficient (Wildman–Crippen LogP) is 1.90. The maximum absolute atomic E-state index is 11.7. The maximum Gasteiger partial charge on any atom is 0.341 e. The Morgan fingerprint density at radius 1 is 1.35 bits per heavy atom. The maximum atomic E-state index is 11.7. The van der Waals surface area contributed by atoms with E-state index >= 15 is 0 Å². The molecule has 1 aromatic rings. The zero-order valence-corrected chi connectivity index (χ0v) is 12.7. The van der Waals surface area contributed by atoms with E-state index in [1.54, 1.807) is 18.2 Å². The van der Waals surface area contributed by atoms with Crippen LogP contribution in [0.1, 0.15) is 42.8 Å². The lowest BCUT2D eigenvalue weighted by Crippen LogP contribution is -2.38. The monoisotopic (exact) mass is 281 g/mol. The molecule has 0 heterocycles. The third kappa shape index (κ3) is 4.51. The molecule has 0 fully saturated rings. The number of carbonyl (C=O) groups excluding carboxylic acids is 1. The fraction of sp³-hybridized carbons (Fsp3) is 0.533. The van der Waals surface area contributed by atoms with Crippen molar-refractivity contribution in [3.05, 3.63) is 29.3 Å². The van der Waals surface area contributed by atoms with Crippen molar-refractivity contribution in [3.8, 4) is 5.75 Å². The van der Waals surface area contributed by atoms with E-state index in [0.29, 0.717) is 23.4 Å². The molecule has 0 spiro atoms. The first-order valence-electron chi connectivity index (χ1n) is 6.48. The van der Waals surface area contributed by atoms with Gasteiger partial charge in [0.2, 0.25) is 0 Å². The van der Waals surface area contributed by atoms with Crippen molar-refractivity contribution < 1.29 is 19.4 Å². The highest BCUT2D eigenvalue weighted by atomic mass is 16.5. The number of ether oxygens (including phenoxy) is 2. The van der Waals surface area contributed by atoms with Gasteiger partial charge in [-0.25, -0.2) is 4.79 Å². The summed E-state index contributed by atoms with van der Waals surface area (Å²) in [6, 6.07) is 4.99. The van der Waals surface area contributed by atoms with E-state index in [1.807, 2.05) is 20.8 Å². The van der Waals surface area contributed by atoms with Gasteiger partial charge in [-0.3, -0.25) is 0 Å². The molecule has 1 atom stereocenters. The standard InChI is InChI=1S/C15H23NO4/c1-15(2,3)16-9-12(17)10-6-7-13(19-4)11(8-10)14(18)20-5/h6-8,12,16-17H,9H2,1-5H3. The van der Waals surface area contributed by atoms with Crippen LogP contribution < -0.4 is 10.1 Å². The molecule has 0 saturated heterocycles. The van der Waals surface area contributed by atoms with Gasteiger partial charge < -0.3 is 19.9 Å². The third-order valence-corrected chi connectivity index (χ3v) is 2.84. The summed E-state index contributed by atoms with van der Waals surface area (Å²) < 4.78 is 9.83. The van der Waals surface area contributed by atoms with Crippen LogP contribution in [0.5, 0.6) is 5.75 Å². The number of benzene rings is 1. The van der Waals surface area contributed by atoms with Crippen LogP contribution in [-0.4, -0.2) is 37.4 Å². The van der Waals surface area contributed by atoms with Crippen molar-refractivity contribution in [2.24, 2.45) is 0 Å². The van der Waals surface area contributed by atoms with Crippen LogP contribution in [0.3, 0.4) is 0 Å². The van der Waals surface area contributed by atoms with E-state index in [0.717, 1.165) is 0 Å². The summed E-state index contributed by atoms with van der Waals surface area (Å²) in [7, 11) is 2.80. The summed E-state index contributed by atoms with van der Waals surface area (Å²) in [5, 5.41) is 13.4. The summed E-state index contributed by atoms with van der Waals surface area (Å²) in [5.74, 6) is -0.0590. The van der Waals surface area contributed by atoms with E-state index in [-0.39, 0.29) is 5.54 Å². The molecule has 0 aliphatic carbocycles. The van der Waals surface area contributed by atoms with Crippen LogP contribution in [0.15, 0.2) is 18.2 Å². The summed E-state index contributed by atoms with van der Waals surface area (Å²) in [6.45, 7) is 6.46. The number of nitrogens with one attached hydrogen (secondary N) is 1. The minimum Gasteiger partial charge on any atom is -0.496 e. The number of carbonyl (C=O) groups is 1. The molecule has 20 heavy (non-hydrogen) atoms. The van der Waals surface area contributed by atoms with Gasteiger partial charge in [0.25, 0.3) is 0 Å². The molecule has 0 bridgehead atoms. The lowest BCUT2D eigenvalue weighted by atomic mass is 10.0. The van der Waals surface area contributed by atoms with E-state index in [1.165, 1.54) is 14.2 Å². The second kappa shape index (κ2) is 6.72. The van der Waals surface area contributed by atoms with Crippen LogP contribution >= 0.6 is 0 Å². The number of esters is 1. The first-order valence-corrected chi connectivity index (χ1v) is 6.48. The Morgan fingerprint density at radius 3 is 2.50 bits per heavy atom. The lowest BCUT2D eigenvalue weighted by molar-refractivity contribution is 0.0596.